The van der Waals surface area contributed by atoms with E-state index in [2.05, 4.69) is 46.0 Å². The number of hydrogen-bond acceptors (Lipinski definition) is 5. The summed E-state index contributed by atoms with van der Waals surface area (Å²) in [5.74, 6) is 1.25. The van der Waals surface area contributed by atoms with E-state index in [-0.39, 0.29) is 23.9 Å². The molecule has 31 heavy (non-hydrogen) atoms. The molecule has 0 atom stereocenters. The number of aromatic nitrogens is 4. The highest BCUT2D eigenvalue weighted by Crippen LogP contribution is 2.40. The Labute approximate surface area is 186 Å². The zero-order valence-corrected chi connectivity index (χ0v) is 18.9. The molecule has 162 valence electrons. The number of primary amides is 1. The Hall–Kier alpha value is -2.87. The predicted octanol–water partition coefficient (Wildman–Crippen LogP) is 3.72. The molecule has 1 amide bonds. The highest BCUT2D eigenvalue weighted by molar-refractivity contribution is 7.99. The number of benzene rings is 1. The topological polar surface area (TPSA) is 95.8 Å². The fourth-order valence-corrected chi connectivity index (χ4v) is 4.68. The normalized spacial score (nSPS) is 13.5. The first-order chi connectivity index (χ1) is 14.8. The summed E-state index contributed by atoms with van der Waals surface area (Å²) >= 11 is 1.37. The molecule has 2 heterocycles. The largest absolute Gasteiger partial charge is 0.370 e. The van der Waals surface area contributed by atoms with E-state index < -0.39 is 0 Å². The van der Waals surface area contributed by atoms with Crippen LogP contribution in [0.3, 0.4) is 0 Å². The molecule has 4 rings (SSSR count). The molecule has 0 radical (unpaired) electrons. The van der Waals surface area contributed by atoms with Crippen LogP contribution in [-0.4, -0.2) is 36.8 Å². The zero-order valence-electron chi connectivity index (χ0n) is 18.1. The van der Waals surface area contributed by atoms with Crippen molar-refractivity contribution in [2.24, 2.45) is 5.73 Å². The van der Waals surface area contributed by atoms with Gasteiger partial charge in [-0.1, -0.05) is 29.5 Å². The van der Waals surface area contributed by atoms with Crippen molar-refractivity contribution < 1.29 is 9.59 Å². The van der Waals surface area contributed by atoms with E-state index in [0.29, 0.717) is 17.6 Å². The predicted molar refractivity (Wildman–Crippen MR) is 121 cm³/mol. The number of Topliss-reactive ketones (excluding diaryl/α,β-unsaturated/α-hetero) is 1. The highest BCUT2D eigenvalue weighted by Gasteiger charge is 2.30. The first kappa shape index (κ1) is 21.4. The number of carbonyl (C=O) groups is 2. The van der Waals surface area contributed by atoms with Gasteiger partial charge in [0.05, 0.1) is 5.75 Å². The molecule has 1 aliphatic carbocycles. The van der Waals surface area contributed by atoms with Crippen molar-refractivity contribution >= 4 is 23.5 Å². The summed E-state index contributed by atoms with van der Waals surface area (Å²) in [6, 6.07) is 10.2. The third-order valence-electron chi connectivity index (χ3n) is 5.63. The van der Waals surface area contributed by atoms with E-state index in [1.165, 1.54) is 17.3 Å². The Morgan fingerprint density at radius 1 is 1.13 bits per heavy atom. The van der Waals surface area contributed by atoms with E-state index >= 15 is 0 Å². The number of amides is 1. The Bertz CT molecular complexity index is 1130. The second-order valence-corrected chi connectivity index (χ2v) is 9.09. The number of aryl methyl sites for hydroxylation is 2. The Balaban J connectivity index is 1.51. The van der Waals surface area contributed by atoms with Gasteiger partial charge < -0.3 is 14.9 Å². The van der Waals surface area contributed by atoms with E-state index in [1.807, 2.05) is 24.5 Å². The molecule has 1 aromatic carbocycles. The number of ketones is 1. The molecule has 1 fully saturated rings. The van der Waals surface area contributed by atoms with Crippen LogP contribution in [0, 0.1) is 20.8 Å². The van der Waals surface area contributed by atoms with Crippen LogP contribution in [0.15, 0.2) is 35.5 Å². The minimum Gasteiger partial charge on any atom is -0.370 e. The van der Waals surface area contributed by atoms with Crippen LogP contribution in [0.2, 0.25) is 0 Å². The fraction of sp³-hybridized carbons (Fsp3) is 0.391. The van der Waals surface area contributed by atoms with Gasteiger partial charge >= 0.3 is 0 Å². The highest BCUT2D eigenvalue weighted by atomic mass is 32.2. The maximum atomic E-state index is 13.1. The number of rotatable bonds is 9. The van der Waals surface area contributed by atoms with E-state index in [9.17, 15) is 9.59 Å². The minimum absolute atomic E-state index is 0.0499. The number of nitrogens with zero attached hydrogens (tertiary/aromatic N) is 4. The molecular formula is C23H27N5O2S. The Morgan fingerprint density at radius 3 is 2.48 bits per heavy atom. The van der Waals surface area contributed by atoms with Gasteiger partial charge in [-0.15, -0.1) is 10.2 Å². The van der Waals surface area contributed by atoms with Crippen molar-refractivity contribution in [2.75, 3.05) is 5.75 Å². The molecule has 0 bridgehead atoms. The third kappa shape index (κ3) is 4.58. The molecule has 8 heteroatoms. The van der Waals surface area contributed by atoms with Crippen molar-refractivity contribution in [3.63, 3.8) is 0 Å². The minimum atomic E-state index is -0.356. The summed E-state index contributed by atoms with van der Waals surface area (Å²) < 4.78 is 4.06. The average molecular weight is 438 g/mol. The van der Waals surface area contributed by atoms with Crippen LogP contribution in [0.4, 0.5) is 0 Å². The summed E-state index contributed by atoms with van der Waals surface area (Å²) in [5, 5.41) is 9.27. The third-order valence-corrected chi connectivity index (χ3v) is 6.59. The van der Waals surface area contributed by atoms with Gasteiger partial charge in [-0.2, -0.15) is 0 Å². The van der Waals surface area contributed by atoms with E-state index in [4.69, 9.17) is 5.73 Å². The van der Waals surface area contributed by atoms with Crippen molar-refractivity contribution in [1.82, 2.24) is 19.3 Å². The standard InChI is InChI=1S/C23H27N5O2S/c1-14-4-8-18(9-5-14)28-15(2)12-19(16(28)3)20(29)13-31-23-26-25-22(17-6-7-17)27(23)11-10-21(24)30/h4-5,8-9,12,17H,6-7,10-11,13H2,1-3H3,(H2,24,30). The monoisotopic (exact) mass is 437 g/mol. The number of thioether (sulfide) groups is 1. The van der Waals surface area contributed by atoms with Crippen LogP contribution in [0.1, 0.15) is 58.3 Å². The molecule has 0 spiro atoms. The lowest BCUT2D eigenvalue weighted by molar-refractivity contribution is -0.118. The quantitative estimate of drug-likeness (QED) is 0.407. The van der Waals surface area contributed by atoms with Crippen molar-refractivity contribution in [1.29, 1.82) is 0 Å². The molecule has 0 unspecified atom stereocenters. The van der Waals surface area contributed by atoms with Crippen molar-refractivity contribution in [2.45, 2.75) is 57.7 Å². The van der Waals surface area contributed by atoms with Crippen molar-refractivity contribution in [3.8, 4) is 5.69 Å². The van der Waals surface area contributed by atoms with Crippen molar-refractivity contribution in [3.05, 3.63) is 58.7 Å². The van der Waals surface area contributed by atoms with Gasteiger partial charge in [0.15, 0.2) is 10.9 Å². The Morgan fingerprint density at radius 2 is 1.84 bits per heavy atom. The van der Waals surface area contributed by atoms with Gasteiger partial charge in [-0.3, -0.25) is 9.59 Å². The average Bonchev–Trinajstić information content (AvgIpc) is 3.43. The van der Waals surface area contributed by atoms with Gasteiger partial charge in [0.25, 0.3) is 0 Å². The summed E-state index contributed by atoms with van der Waals surface area (Å²) in [7, 11) is 0. The van der Waals surface area contributed by atoms with E-state index in [1.54, 1.807) is 0 Å². The summed E-state index contributed by atoms with van der Waals surface area (Å²) in [6.07, 6.45) is 2.41. The molecule has 3 aromatic rings. The maximum absolute atomic E-state index is 13.1. The van der Waals surface area contributed by atoms with Gasteiger partial charge in [0, 0.05) is 41.5 Å². The second-order valence-electron chi connectivity index (χ2n) is 8.15. The van der Waals surface area contributed by atoms with Gasteiger partial charge in [-0.25, -0.2) is 0 Å². The van der Waals surface area contributed by atoms with Gasteiger partial charge in [0.1, 0.15) is 5.82 Å². The number of nitrogens with two attached hydrogens (primary N) is 1. The zero-order chi connectivity index (χ0) is 22.1. The molecular weight excluding hydrogens is 410 g/mol. The van der Waals surface area contributed by atoms with Crippen LogP contribution >= 0.6 is 11.8 Å². The first-order valence-electron chi connectivity index (χ1n) is 10.5. The summed E-state index contributed by atoms with van der Waals surface area (Å²) in [4.78, 5) is 24.3. The maximum Gasteiger partial charge on any atom is 0.219 e. The van der Waals surface area contributed by atoms with Crippen LogP contribution in [0.25, 0.3) is 5.69 Å². The lowest BCUT2D eigenvalue weighted by Gasteiger charge is -2.10. The summed E-state index contributed by atoms with van der Waals surface area (Å²) in [5.41, 5.74) is 10.3. The smallest absolute Gasteiger partial charge is 0.219 e. The van der Waals surface area contributed by atoms with Crippen LogP contribution < -0.4 is 5.73 Å². The Kier molecular flexibility index (Phi) is 6.00. The molecule has 1 aliphatic rings. The summed E-state index contributed by atoms with van der Waals surface area (Å²) in [6.45, 7) is 6.50. The molecule has 0 saturated heterocycles. The number of carbonyl (C=O) groups excluding carboxylic acids is 2. The lowest BCUT2D eigenvalue weighted by atomic mass is 10.2. The van der Waals surface area contributed by atoms with Gasteiger partial charge in [-0.05, 0) is 51.8 Å². The SMILES string of the molecule is Cc1ccc(-n2c(C)cc(C(=O)CSc3nnc(C4CC4)n3CCC(N)=O)c2C)cc1. The van der Waals surface area contributed by atoms with E-state index in [0.717, 1.165) is 41.3 Å². The van der Waals surface area contributed by atoms with Crippen LogP contribution in [0.5, 0.6) is 0 Å². The fourth-order valence-electron chi connectivity index (χ4n) is 3.83. The molecule has 1 saturated carbocycles. The molecule has 2 aromatic heterocycles. The van der Waals surface area contributed by atoms with Crippen LogP contribution in [-0.2, 0) is 11.3 Å². The lowest BCUT2D eigenvalue weighted by Crippen LogP contribution is -2.16. The molecule has 2 N–H and O–H groups in total. The molecule has 7 nitrogen and oxygen atoms in total. The molecule has 0 aliphatic heterocycles. The first-order valence-corrected chi connectivity index (χ1v) is 11.5. The van der Waals surface area contributed by atoms with Gasteiger partial charge in [0.2, 0.25) is 5.91 Å². The second kappa shape index (κ2) is 8.70. The number of hydrogen-bond donors (Lipinski definition) is 1.